The zero-order chi connectivity index (χ0) is 32.8. The summed E-state index contributed by atoms with van der Waals surface area (Å²) in [6, 6.07) is 60.5. The Kier molecular flexibility index (Phi) is 5.63. The van der Waals surface area contributed by atoms with Gasteiger partial charge >= 0.3 is 0 Å². The van der Waals surface area contributed by atoms with Gasteiger partial charge in [0.05, 0.1) is 33.3 Å². The number of hydrogen-bond acceptors (Lipinski definition) is 2. The topological polar surface area (TPSA) is 35.6 Å². The van der Waals surface area contributed by atoms with Crippen molar-refractivity contribution in [3.05, 3.63) is 170 Å². The first-order chi connectivity index (χ1) is 24.8. The fourth-order valence-corrected chi connectivity index (χ4v) is 8.17. The molecule has 0 amide bonds. The third-order valence-corrected chi connectivity index (χ3v) is 10.3. The Bertz CT molecular complexity index is 3150. The molecule has 0 aliphatic rings. The van der Waals surface area contributed by atoms with Crippen molar-refractivity contribution in [2.75, 3.05) is 0 Å². The first kappa shape index (κ1) is 27.2. The highest BCUT2D eigenvalue weighted by Gasteiger charge is 2.25. The van der Waals surface area contributed by atoms with E-state index in [2.05, 4.69) is 179 Å². The third-order valence-electron chi connectivity index (χ3n) is 10.3. The predicted molar refractivity (Wildman–Crippen MR) is 209 cm³/mol. The molecule has 0 saturated heterocycles. The van der Waals surface area contributed by atoms with Gasteiger partial charge in [-0.2, -0.15) is 0 Å². The minimum absolute atomic E-state index is 0.661. The Hall–Kier alpha value is -6.78. The quantitative estimate of drug-likeness (QED) is 0.193. The fraction of sp³-hybridized carbons (Fsp3) is 0. The SMILES string of the molecule is c1ccc(-n2c3ccccc3c3c4c5ccccc5n(-c5nc(-c6ccc7ccccc7c6)c6ccccc6n5)c4c4ccccc4c32)cc1. The molecule has 0 N–H and O–H groups in total. The molecule has 0 aliphatic carbocycles. The van der Waals surface area contributed by atoms with E-state index in [9.17, 15) is 0 Å². The number of hydrogen-bond donors (Lipinski definition) is 0. The van der Waals surface area contributed by atoms with Crippen molar-refractivity contribution in [1.82, 2.24) is 19.1 Å². The zero-order valence-corrected chi connectivity index (χ0v) is 27.0. The second-order valence-corrected chi connectivity index (χ2v) is 13.0. The monoisotopic (exact) mass is 636 g/mol. The first-order valence-electron chi connectivity index (χ1n) is 17.0. The summed E-state index contributed by atoms with van der Waals surface area (Å²) in [6.45, 7) is 0. The van der Waals surface area contributed by atoms with Gasteiger partial charge in [-0.25, -0.2) is 9.97 Å². The average molecular weight is 637 g/mol. The van der Waals surface area contributed by atoms with Gasteiger partial charge < -0.3 is 4.57 Å². The van der Waals surface area contributed by atoms with Crippen LogP contribution in [0.3, 0.4) is 0 Å². The van der Waals surface area contributed by atoms with Crippen LogP contribution in [0.1, 0.15) is 0 Å². The maximum Gasteiger partial charge on any atom is 0.235 e. The second kappa shape index (κ2) is 10.4. The maximum absolute atomic E-state index is 5.47. The van der Waals surface area contributed by atoms with Gasteiger partial charge in [-0.3, -0.25) is 4.57 Å². The van der Waals surface area contributed by atoms with Gasteiger partial charge in [0, 0.05) is 49.0 Å². The highest BCUT2D eigenvalue weighted by molar-refractivity contribution is 6.37. The van der Waals surface area contributed by atoms with Gasteiger partial charge in [0.1, 0.15) is 0 Å². The normalized spacial score (nSPS) is 12.0. The molecule has 11 aromatic rings. The van der Waals surface area contributed by atoms with Crippen molar-refractivity contribution >= 4 is 76.1 Å². The van der Waals surface area contributed by atoms with Crippen molar-refractivity contribution in [3.63, 3.8) is 0 Å². The van der Waals surface area contributed by atoms with Crippen molar-refractivity contribution in [1.29, 1.82) is 0 Å². The zero-order valence-electron chi connectivity index (χ0n) is 27.0. The van der Waals surface area contributed by atoms with Gasteiger partial charge in [-0.05, 0) is 47.2 Å². The van der Waals surface area contributed by atoms with E-state index < -0.39 is 0 Å². The van der Waals surface area contributed by atoms with Crippen LogP contribution in [-0.2, 0) is 0 Å². The van der Waals surface area contributed by atoms with Crippen LogP contribution >= 0.6 is 0 Å². The molecule has 3 aromatic heterocycles. The van der Waals surface area contributed by atoms with E-state index in [1.165, 1.54) is 48.7 Å². The maximum atomic E-state index is 5.47. The van der Waals surface area contributed by atoms with Crippen LogP contribution in [0.4, 0.5) is 0 Å². The minimum atomic E-state index is 0.661. The molecule has 0 saturated carbocycles. The molecule has 0 radical (unpaired) electrons. The van der Waals surface area contributed by atoms with E-state index in [1.54, 1.807) is 0 Å². The van der Waals surface area contributed by atoms with Gasteiger partial charge in [0.2, 0.25) is 5.95 Å². The predicted octanol–water partition coefficient (Wildman–Crippen LogP) is 11.8. The fourth-order valence-electron chi connectivity index (χ4n) is 8.17. The molecule has 3 heterocycles. The van der Waals surface area contributed by atoms with Gasteiger partial charge in [0.25, 0.3) is 0 Å². The summed E-state index contributed by atoms with van der Waals surface area (Å²) in [7, 11) is 0. The summed E-state index contributed by atoms with van der Waals surface area (Å²) in [6.07, 6.45) is 0. The second-order valence-electron chi connectivity index (χ2n) is 13.0. The molecule has 4 heteroatoms. The van der Waals surface area contributed by atoms with E-state index >= 15 is 0 Å². The molecule has 232 valence electrons. The molecule has 0 atom stereocenters. The van der Waals surface area contributed by atoms with Crippen LogP contribution in [-0.4, -0.2) is 19.1 Å². The first-order valence-corrected chi connectivity index (χ1v) is 17.0. The summed E-state index contributed by atoms with van der Waals surface area (Å²) >= 11 is 0. The van der Waals surface area contributed by atoms with Crippen LogP contribution < -0.4 is 0 Å². The van der Waals surface area contributed by atoms with Crippen molar-refractivity contribution in [2.45, 2.75) is 0 Å². The van der Waals surface area contributed by atoms with Gasteiger partial charge in [0.15, 0.2) is 0 Å². The number of para-hydroxylation sites is 4. The molecule has 8 aromatic carbocycles. The third kappa shape index (κ3) is 3.76. The molecular formula is C46H28N4. The molecule has 0 fully saturated rings. The molecule has 4 nitrogen and oxygen atoms in total. The summed E-state index contributed by atoms with van der Waals surface area (Å²) in [4.78, 5) is 10.8. The summed E-state index contributed by atoms with van der Waals surface area (Å²) in [5, 5.41) is 10.6. The Labute approximate surface area is 287 Å². The van der Waals surface area contributed by atoms with Crippen molar-refractivity contribution in [2.24, 2.45) is 0 Å². The molecule has 50 heavy (non-hydrogen) atoms. The van der Waals surface area contributed by atoms with Gasteiger partial charge in [-0.15, -0.1) is 0 Å². The highest BCUT2D eigenvalue weighted by atomic mass is 15.2. The number of nitrogens with zero attached hydrogens (tertiary/aromatic N) is 4. The van der Waals surface area contributed by atoms with Crippen LogP contribution in [0.2, 0.25) is 0 Å². The van der Waals surface area contributed by atoms with Crippen LogP contribution in [0.15, 0.2) is 170 Å². The van der Waals surface area contributed by atoms with E-state index in [0.29, 0.717) is 5.95 Å². The lowest BCUT2D eigenvalue weighted by Gasteiger charge is -2.14. The summed E-state index contributed by atoms with van der Waals surface area (Å²) in [5.74, 6) is 0.661. The largest absolute Gasteiger partial charge is 0.309 e. The Balaban J connectivity index is 1.34. The van der Waals surface area contributed by atoms with Gasteiger partial charge in [-0.1, -0.05) is 133 Å². The number of fused-ring (bicyclic) bond motifs is 12. The lowest BCUT2D eigenvalue weighted by molar-refractivity contribution is 1.02. The van der Waals surface area contributed by atoms with Crippen molar-refractivity contribution < 1.29 is 0 Å². The smallest absolute Gasteiger partial charge is 0.235 e. The minimum Gasteiger partial charge on any atom is -0.309 e. The van der Waals surface area contributed by atoms with Crippen LogP contribution in [0, 0.1) is 0 Å². The number of aromatic nitrogens is 4. The molecule has 0 spiro atoms. The number of rotatable bonds is 3. The van der Waals surface area contributed by atoms with E-state index in [4.69, 9.17) is 9.97 Å². The van der Waals surface area contributed by atoms with E-state index in [-0.39, 0.29) is 0 Å². The van der Waals surface area contributed by atoms with E-state index in [0.717, 1.165) is 44.3 Å². The number of benzene rings is 8. The standard InChI is InChI=1S/C46H28N4/c1-2-16-32(17-3-1)49-39-24-12-9-21-36(39)41-42-37-22-10-13-25-40(37)50(45(42)34-19-7-6-18-33(34)44(41)49)46-47-38-23-11-8-20-35(38)43(48-46)31-27-26-29-14-4-5-15-30(29)28-31/h1-28H. The molecule has 11 rings (SSSR count). The Morgan fingerprint density at radius 2 is 0.920 bits per heavy atom. The van der Waals surface area contributed by atoms with Crippen LogP contribution in [0.5, 0.6) is 0 Å². The Morgan fingerprint density at radius 3 is 1.64 bits per heavy atom. The van der Waals surface area contributed by atoms with E-state index in [1.807, 2.05) is 0 Å². The highest BCUT2D eigenvalue weighted by Crippen LogP contribution is 2.46. The lowest BCUT2D eigenvalue weighted by atomic mass is 9.99. The lowest BCUT2D eigenvalue weighted by Crippen LogP contribution is -2.04. The summed E-state index contributed by atoms with van der Waals surface area (Å²) < 4.78 is 4.74. The molecular weight excluding hydrogens is 609 g/mol. The summed E-state index contributed by atoms with van der Waals surface area (Å²) in [5.41, 5.74) is 8.64. The molecule has 0 unspecified atom stereocenters. The average Bonchev–Trinajstić information content (AvgIpc) is 3.72. The van der Waals surface area contributed by atoms with Crippen molar-refractivity contribution in [3.8, 4) is 22.9 Å². The Morgan fingerprint density at radius 1 is 0.380 bits per heavy atom. The molecule has 0 bridgehead atoms. The van der Waals surface area contributed by atoms with Crippen LogP contribution in [0.25, 0.3) is 99.0 Å². The molecule has 0 aliphatic heterocycles.